The summed E-state index contributed by atoms with van der Waals surface area (Å²) < 4.78 is 27.2. The zero-order valence-electron chi connectivity index (χ0n) is 20.3. The second-order valence-corrected chi connectivity index (χ2v) is 8.46. The topological polar surface area (TPSA) is 83.5 Å². The van der Waals surface area contributed by atoms with Crippen molar-refractivity contribution in [3.8, 4) is 23.0 Å². The summed E-state index contributed by atoms with van der Waals surface area (Å²) in [4.78, 5) is 8.95. The van der Waals surface area contributed by atoms with E-state index in [-0.39, 0.29) is 5.92 Å². The molecule has 5 rings (SSSR count). The predicted molar refractivity (Wildman–Crippen MR) is 130 cm³/mol. The largest absolute Gasteiger partial charge is 0.497 e. The van der Waals surface area contributed by atoms with Crippen molar-refractivity contribution in [1.82, 2.24) is 0 Å². The second-order valence-electron chi connectivity index (χ2n) is 8.46. The van der Waals surface area contributed by atoms with Crippen LogP contribution < -0.4 is 18.9 Å². The van der Waals surface area contributed by atoms with Crippen molar-refractivity contribution in [2.75, 3.05) is 28.4 Å². The number of rotatable bonds is 6. The molecule has 0 aromatic heterocycles. The first-order valence-corrected chi connectivity index (χ1v) is 11.3. The lowest BCUT2D eigenvalue weighted by Gasteiger charge is -2.40. The van der Waals surface area contributed by atoms with E-state index in [0.29, 0.717) is 35.7 Å². The van der Waals surface area contributed by atoms with Crippen LogP contribution >= 0.6 is 0 Å². The van der Waals surface area contributed by atoms with Gasteiger partial charge >= 0.3 is 0 Å². The maximum Gasteiger partial charge on any atom is 0.292 e. The Bertz CT molecular complexity index is 1160. The Morgan fingerprint density at radius 2 is 1.57 bits per heavy atom. The van der Waals surface area contributed by atoms with E-state index >= 15 is 0 Å². The van der Waals surface area contributed by atoms with Crippen LogP contribution in [0.5, 0.6) is 23.0 Å². The molecule has 3 aromatic carbocycles. The summed E-state index contributed by atoms with van der Waals surface area (Å²) in [6, 6.07) is 21.7. The van der Waals surface area contributed by atoms with E-state index in [1.54, 1.807) is 27.4 Å². The number of carbonyl (C=O) groups is 1. The molecule has 35 heavy (non-hydrogen) atoms. The molecule has 2 aliphatic rings. The Hall–Kier alpha value is -3.71. The predicted octanol–water partition coefficient (Wildman–Crippen LogP) is 4.55. The molecule has 0 amide bonds. The first-order valence-electron chi connectivity index (χ1n) is 11.3. The minimum Gasteiger partial charge on any atom is -0.497 e. The van der Waals surface area contributed by atoms with E-state index in [2.05, 4.69) is 16.9 Å². The van der Waals surface area contributed by atoms with Gasteiger partial charge in [-0.3, -0.25) is 4.79 Å². The molecule has 1 aliphatic carbocycles. The van der Waals surface area contributed by atoms with Gasteiger partial charge in [-0.2, -0.15) is 0 Å². The summed E-state index contributed by atoms with van der Waals surface area (Å²) in [5.41, 5.74) is 0.467. The lowest BCUT2D eigenvalue weighted by molar-refractivity contribution is -0.126. The van der Waals surface area contributed by atoms with Gasteiger partial charge in [0.25, 0.3) is 6.47 Å². The zero-order chi connectivity index (χ0) is 25.1. The van der Waals surface area contributed by atoms with Gasteiger partial charge in [0.05, 0.1) is 34.0 Å². The number of fused-ring (bicyclic) bond motifs is 3. The molecular formula is C28H30O7. The molecule has 0 radical (unpaired) electrons. The molecule has 7 heteroatoms. The van der Waals surface area contributed by atoms with Gasteiger partial charge in [0.2, 0.25) is 0 Å². The Morgan fingerprint density at radius 3 is 2.14 bits per heavy atom. The van der Waals surface area contributed by atoms with Crippen LogP contribution in [-0.2, 0) is 20.7 Å². The number of ether oxygens (including phenoxy) is 5. The average molecular weight is 479 g/mol. The second kappa shape index (κ2) is 9.88. The highest BCUT2D eigenvalue weighted by Crippen LogP contribution is 2.68. The third-order valence-corrected chi connectivity index (χ3v) is 6.90. The van der Waals surface area contributed by atoms with Gasteiger partial charge < -0.3 is 28.8 Å². The molecule has 1 heterocycles. The maximum atomic E-state index is 12.3. The SMILES string of the molecule is COC=O.COc1ccc(C23Oc4cc(OC)cc(OC)c4C2(O)CCC3c2ccccc2)cc1. The molecule has 1 N–H and O–H groups in total. The quantitative estimate of drug-likeness (QED) is 0.520. The van der Waals surface area contributed by atoms with Crippen molar-refractivity contribution < 1.29 is 33.6 Å². The number of benzene rings is 3. The van der Waals surface area contributed by atoms with E-state index in [9.17, 15) is 5.11 Å². The molecule has 0 spiro atoms. The first kappa shape index (κ1) is 24.4. The number of hydrogen-bond acceptors (Lipinski definition) is 7. The molecule has 3 atom stereocenters. The molecule has 184 valence electrons. The van der Waals surface area contributed by atoms with Crippen molar-refractivity contribution in [1.29, 1.82) is 0 Å². The Labute approximate surface area is 205 Å². The third kappa shape index (κ3) is 3.86. The normalized spacial score (nSPS) is 23.6. The number of methoxy groups -OCH3 is 4. The summed E-state index contributed by atoms with van der Waals surface area (Å²) in [7, 11) is 6.17. The van der Waals surface area contributed by atoms with Crippen LogP contribution in [0.3, 0.4) is 0 Å². The lowest BCUT2D eigenvalue weighted by atomic mass is 9.71. The first-order chi connectivity index (χ1) is 17.0. The van der Waals surface area contributed by atoms with E-state index in [4.69, 9.17) is 23.7 Å². The van der Waals surface area contributed by atoms with Gasteiger partial charge in [-0.15, -0.1) is 0 Å². The molecule has 0 bridgehead atoms. The lowest BCUT2D eigenvalue weighted by Crippen LogP contribution is -2.48. The fraction of sp³-hybridized carbons (Fsp3) is 0.321. The fourth-order valence-electron chi connectivity index (χ4n) is 5.43. The summed E-state index contributed by atoms with van der Waals surface area (Å²) in [5, 5.41) is 12.3. The van der Waals surface area contributed by atoms with Crippen LogP contribution in [0.15, 0.2) is 66.7 Å². The molecule has 1 aliphatic heterocycles. The summed E-state index contributed by atoms with van der Waals surface area (Å²) in [6.45, 7) is 0.375. The summed E-state index contributed by atoms with van der Waals surface area (Å²) in [6.07, 6.45) is 1.33. The van der Waals surface area contributed by atoms with Crippen LogP contribution in [0.25, 0.3) is 0 Å². The van der Waals surface area contributed by atoms with Crippen molar-refractivity contribution >= 4 is 6.47 Å². The van der Waals surface area contributed by atoms with Crippen LogP contribution in [0, 0.1) is 0 Å². The molecule has 1 fully saturated rings. The summed E-state index contributed by atoms with van der Waals surface area (Å²) in [5.74, 6) is 2.50. The van der Waals surface area contributed by atoms with Crippen LogP contribution in [0.2, 0.25) is 0 Å². The molecule has 0 saturated heterocycles. The molecule has 3 unspecified atom stereocenters. The molecule has 3 aromatic rings. The van der Waals surface area contributed by atoms with Gasteiger partial charge in [0.15, 0.2) is 5.60 Å². The Kier molecular flexibility index (Phi) is 6.89. The minimum absolute atomic E-state index is 0.0461. The standard InChI is InChI=1S/C26H26O5.C2H4O2/c1-28-19-11-9-18(10-12-19)26-21(17-7-5-4-6-8-17)13-14-25(26,27)24-22(30-3)15-20(29-2)16-23(24)31-26;1-4-2-3/h4-12,15-16,21,27H,13-14H2,1-3H3;2H,1H3. The van der Waals surface area contributed by atoms with Crippen LogP contribution in [0.1, 0.15) is 35.4 Å². The van der Waals surface area contributed by atoms with Gasteiger partial charge in [-0.25, -0.2) is 0 Å². The number of hydrogen-bond donors (Lipinski definition) is 1. The van der Waals surface area contributed by atoms with Crippen molar-refractivity contribution in [2.24, 2.45) is 0 Å². The smallest absolute Gasteiger partial charge is 0.292 e. The maximum absolute atomic E-state index is 12.3. The van der Waals surface area contributed by atoms with Crippen molar-refractivity contribution in [2.45, 2.75) is 30.0 Å². The number of carbonyl (C=O) groups excluding carboxylic acids is 1. The van der Waals surface area contributed by atoms with Crippen LogP contribution in [0.4, 0.5) is 0 Å². The van der Waals surface area contributed by atoms with E-state index < -0.39 is 11.2 Å². The van der Waals surface area contributed by atoms with Crippen LogP contribution in [-0.4, -0.2) is 40.0 Å². The van der Waals surface area contributed by atoms with Gasteiger partial charge in [0.1, 0.15) is 28.6 Å². The minimum atomic E-state index is -1.25. The van der Waals surface area contributed by atoms with Gasteiger partial charge in [0, 0.05) is 18.1 Å². The Balaban J connectivity index is 0.000000672. The van der Waals surface area contributed by atoms with Gasteiger partial charge in [-0.05, 0) is 36.1 Å². The monoisotopic (exact) mass is 478 g/mol. The zero-order valence-corrected chi connectivity index (χ0v) is 20.3. The molecule has 1 saturated carbocycles. The highest BCUT2D eigenvalue weighted by molar-refractivity contribution is 5.61. The van der Waals surface area contributed by atoms with Crippen molar-refractivity contribution in [3.05, 3.63) is 83.4 Å². The fourth-order valence-corrected chi connectivity index (χ4v) is 5.43. The summed E-state index contributed by atoms with van der Waals surface area (Å²) >= 11 is 0. The third-order valence-electron chi connectivity index (χ3n) is 6.90. The average Bonchev–Trinajstić information content (AvgIpc) is 3.35. The highest BCUT2D eigenvalue weighted by atomic mass is 16.5. The van der Waals surface area contributed by atoms with E-state index in [1.807, 2.05) is 48.5 Å². The molecular weight excluding hydrogens is 448 g/mol. The highest BCUT2D eigenvalue weighted by Gasteiger charge is 2.69. The Morgan fingerprint density at radius 1 is 0.914 bits per heavy atom. The van der Waals surface area contributed by atoms with Crippen molar-refractivity contribution in [3.63, 3.8) is 0 Å². The molecule has 7 nitrogen and oxygen atoms in total. The number of aliphatic hydroxyl groups is 1. The van der Waals surface area contributed by atoms with E-state index in [1.165, 1.54) is 7.11 Å². The van der Waals surface area contributed by atoms with E-state index in [0.717, 1.165) is 23.3 Å². The van der Waals surface area contributed by atoms with Gasteiger partial charge in [-0.1, -0.05) is 42.5 Å².